The van der Waals surface area contributed by atoms with E-state index in [1.165, 1.54) is 44.1 Å². The summed E-state index contributed by atoms with van der Waals surface area (Å²) in [5.74, 6) is 1.94. The monoisotopic (exact) mass is 702 g/mol. The van der Waals surface area contributed by atoms with Crippen molar-refractivity contribution in [3.05, 3.63) is 206 Å². The lowest BCUT2D eigenvalue weighted by molar-refractivity contribution is 1.07. The van der Waals surface area contributed by atoms with Crippen molar-refractivity contribution in [3.8, 4) is 73.2 Å². The lowest BCUT2D eigenvalue weighted by Crippen LogP contribution is -2.00. The topological polar surface area (TPSA) is 43.6 Å². The molecule has 0 aliphatic rings. The van der Waals surface area contributed by atoms with E-state index >= 15 is 0 Å². The fourth-order valence-corrected chi connectivity index (χ4v) is 7.59. The van der Waals surface area contributed by atoms with Crippen LogP contribution in [0.1, 0.15) is 0 Å². The maximum Gasteiger partial charge on any atom is 0.164 e. The van der Waals surface area contributed by atoms with Crippen LogP contribution in [0.15, 0.2) is 206 Å². The first-order chi connectivity index (χ1) is 27.3. The van der Waals surface area contributed by atoms with Crippen LogP contribution in [0.2, 0.25) is 0 Å². The minimum atomic E-state index is 0.641. The number of rotatable bonds is 7. The Balaban J connectivity index is 1.06. The second-order valence-electron chi connectivity index (χ2n) is 13.7. The fourth-order valence-electron chi connectivity index (χ4n) is 7.59. The highest BCUT2D eigenvalue weighted by atomic mass is 15.0. The van der Waals surface area contributed by atoms with Crippen LogP contribution in [0, 0.1) is 0 Å². The first-order valence-electron chi connectivity index (χ1n) is 18.5. The van der Waals surface area contributed by atoms with Crippen molar-refractivity contribution in [2.75, 3.05) is 0 Å². The van der Waals surface area contributed by atoms with Crippen LogP contribution in [0.3, 0.4) is 0 Å². The maximum absolute atomic E-state index is 4.97. The van der Waals surface area contributed by atoms with Crippen molar-refractivity contribution in [3.63, 3.8) is 0 Å². The molecule has 55 heavy (non-hydrogen) atoms. The quantitative estimate of drug-likeness (QED) is 0.166. The van der Waals surface area contributed by atoms with Gasteiger partial charge in [0.05, 0.1) is 11.0 Å². The number of hydrogen-bond acceptors (Lipinski definition) is 3. The van der Waals surface area contributed by atoms with E-state index in [9.17, 15) is 0 Å². The van der Waals surface area contributed by atoms with Gasteiger partial charge in [0.25, 0.3) is 0 Å². The minimum Gasteiger partial charge on any atom is -0.309 e. The molecule has 2 heterocycles. The van der Waals surface area contributed by atoms with Crippen molar-refractivity contribution in [2.45, 2.75) is 0 Å². The van der Waals surface area contributed by atoms with E-state index in [-0.39, 0.29) is 0 Å². The molecule has 10 aromatic rings. The molecule has 0 unspecified atom stereocenters. The van der Waals surface area contributed by atoms with Crippen LogP contribution in [-0.2, 0) is 0 Å². The molecule has 0 spiro atoms. The van der Waals surface area contributed by atoms with Gasteiger partial charge in [-0.25, -0.2) is 15.0 Å². The number of benzene rings is 8. The molecule has 0 bridgehead atoms. The summed E-state index contributed by atoms with van der Waals surface area (Å²) in [6.07, 6.45) is 0. The second kappa shape index (κ2) is 13.8. The highest BCUT2D eigenvalue weighted by molar-refractivity contribution is 6.16. The predicted octanol–water partition coefficient (Wildman–Crippen LogP) is 13.0. The van der Waals surface area contributed by atoms with Crippen molar-refractivity contribution < 1.29 is 0 Å². The van der Waals surface area contributed by atoms with Gasteiger partial charge in [0, 0.05) is 33.2 Å². The Hall–Kier alpha value is -7.43. The van der Waals surface area contributed by atoms with Gasteiger partial charge in [-0.2, -0.15) is 0 Å². The van der Waals surface area contributed by atoms with Gasteiger partial charge in [0.15, 0.2) is 17.5 Å². The molecule has 0 saturated carbocycles. The van der Waals surface area contributed by atoms with Gasteiger partial charge in [-0.15, -0.1) is 0 Å². The maximum atomic E-state index is 4.97. The Kier molecular flexibility index (Phi) is 8.12. The van der Waals surface area contributed by atoms with Gasteiger partial charge in [-0.1, -0.05) is 170 Å². The summed E-state index contributed by atoms with van der Waals surface area (Å²) < 4.78 is 2.39. The predicted molar refractivity (Wildman–Crippen MR) is 227 cm³/mol. The number of nitrogens with zero attached hydrogens (tertiary/aromatic N) is 4. The number of hydrogen-bond donors (Lipinski definition) is 0. The Morgan fingerprint density at radius 3 is 1.38 bits per heavy atom. The Morgan fingerprint density at radius 2 is 0.745 bits per heavy atom. The summed E-state index contributed by atoms with van der Waals surface area (Å²) in [7, 11) is 0. The van der Waals surface area contributed by atoms with E-state index in [2.05, 4.69) is 150 Å². The van der Waals surface area contributed by atoms with Gasteiger partial charge >= 0.3 is 0 Å². The summed E-state index contributed by atoms with van der Waals surface area (Å²) in [6, 6.07) is 72.4. The Labute approximate surface area is 319 Å². The number of fused-ring (bicyclic) bond motifs is 3. The average Bonchev–Trinajstić information content (AvgIpc) is 3.61. The molecule has 2 aromatic heterocycles. The van der Waals surface area contributed by atoms with E-state index in [4.69, 9.17) is 15.0 Å². The Morgan fingerprint density at radius 1 is 0.291 bits per heavy atom. The smallest absolute Gasteiger partial charge is 0.164 e. The minimum absolute atomic E-state index is 0.641. The van der Waals surface area contributed by atoms with Gasteiger partial charge in [0.1, 0.15) is 0 Å². The van der Waals surface area contributed by atoms with E-state index in [0.717, 1.165) is 33.5 Å². The molecule has 258 valence electrons. The highest BCUT2D eigenvalue weighted by Gasteiger charge is 2.18. The molecule has 4 nitrogen and oxygen atoms in total. The van der Waals surface area contributed by atoms with Crippen molar-refractivity contribution in [2.24, 2.45) is 0 Å². The van der Waals surface area contributed by atoms with Gasteiger partial charge in [0.2, 0.25) is 0 Å². The molecule has 0 radical (unpaired) electrons. The molecule has 4 heteroatoms. The third-order valence-corrected chi connectivity index (χ3v) is 10.3. The SMILES string of the molecule is c1ccc(-c2ccc3c(c2)c2c(-c4ccc(-c5cccc(-c6nc(-c7ccccc7)nc(-c7ccccc7)n6)c5)cc4)cccc2n3-c2ccccc2)cc1. The van der Waals surface area contributed by atoms with E-state index in [0.29, 0.717) is 17.5 Å². The average molecular weight is 703 g/mol. The number of aromatic nitrogens is 4. The van der Waals surface area contributed by atoms with Gasteiger partial charge in [-0.05, 0) is 69.8 Å². The van der Waals surface area contributed by atoms with E-state index in [1.807, 2.05) is 60.7 Å². The van der Waals surface area contributed by atoms with E-state index < -0.39 is 0 Å². The van der Waals surface area contributed by atoms with Crippen LogP contribution in [0.4, 0.5) is 0 Å². The van der Waals surface area contributed by atoms with Crippen LogP contribution < -0.4 is 0 Å². The molecule has 0 atom stereocenters. The normalized spacial score (nSPS) is 11.3. The summed E-state index contributed by atoms with van der Waals surface area (Å²) in [5, 5.41) is 2.47. The summed E-state index contributed by atoms with van der Waals surface area (Å²) in [4.78, 5) is 14.8. The second-order valence-corrected chi connectivity index (χ2v) is 13.7. The lowest BCUT2D eigenvalue weighted by Gasteiger charge is -2.11. The third kappa shape index (κ3) is 6.06. The lowest BCUT2D eigenvalue weighted by atomic mass is 9.95. The van der Waals surface area contributed by atoms with Crippen molar-refractivity contribution in [1.82, 2.24) is 19.5 Å². The van der Waals surface area contributed by atoms with Crippen molar-refractivity contribution >= 4 is 21.8 Å². The first kappa shape index (κ1) is 32.2. The molecule has 0 fully saturated rings. The zero-order valence-electron chi connectivity index (χ0n) is 29.9. The summed E-state index contributed by atoms with van der Waals surface area (Å²) in [5.41, 5.74) is 13.4. The molecule has 0 aliphatic carbocycles. The van der Waals surface area contributed by atoms with Gasteiger partial charge in [-0.3, -0.25) is 0 Å². The third-order valence-electron chi connectivity index (χ3n) is 10.3. The molecule has 10 rings (SSSR count). The highest BCUT2D eigenvalue weighted by Crippen LogP contribution is 2.40. The molecule has 0 N–H and O–H groups in total. The number of para-hydroxylation sites is 1. The first-order valence-corrected chi connectivity index (χ1v) is 18.5. The zero-order valence-corrected chi connectivity index (χ0v) is 29.9. The van der Waals surface area contributed by atoms with Gasteiger partial charge < -0.3 is 4.57 Å². The van der Waals surface area contributed by atoms with E-state index in [1.54, 1.807) is 0 Å². The molecule has 8 aromatic carbocycles. The summed E-state index contributed by atoms with van der Waals surface area (Å²) in [6.45, 7) is 0. The fraction of sp³-hybridized carbons (Fsp3) is 0. The standard InChI is InChI=1S/C51H34N4/c1-5-15-35(16-6-1)41-31-32-46-45(34-41)48-44(25-14-26-47(48)55(46)43-23-11-4-12-24-43)37-29-27-36(28-30-37)40-21-13-22-42(33-40)51-53-49(38-17-7-2-8-18-38)52-50(54-51)39-19-9-3-10-20-39/h1-34H. The summed E-state index contributed by atoms with van der Waals surface area (Å²) >= 11 is 0. The Bertz CT molecular complexity index is 2880. The van der Waals surface area contributed by atoms with Crippen LogP contribution >= 0.6 is 0 Å². The molecular weight excluding hydrogens is 669 g/mol. The molecule has 0 amide bonds. The zero-order chi connectivity index (χ0) is 36.6. The molecule has 0 aliphatic heterocycles. The van der Waals surface area contributed by atoms with Crippen LogP contribution in [0.25, 0.3) is 95.0 Å². The van der Waals surface area contributed by atoms with Crippen LogP contribution in [0.5, 0.6) is 0 Å². The van der Waals surface area contributed by atoms with Crippen LogP contribution in [-0.4, -0.2) is 19.5 Å². The largest absolute Gasteiger partial charge is 0.309 e. The molecular formula is C51H34N4. The van der Waals surface area contributed by atoms with Crippen molar-refractivity contribution in [1.29, 1.82) is 0 Å². The molecule has 0 saturated heterocycles.